The second-order valence-corrected chi connectivity index (χ2v) is 5.45. The number of carbonyl (C=O) groups is 2. The Morgan fingerprint density at radius 1 is 1.00 bits per heavy atom. The molecule has 0 atom stereocenters. The summed E-state index contributed by atoms with van der Waals surface area (Å²) in [5.41, 5.74) is 0.908. The van der Waals surface area contributed by atoms with Crippen LogP contribution in [-0.2, 0) is 9.59 Å². The van der Waals surface area contributed by atoms with Crippen LogP contribution in [0, 0.1) is 5.82 Å². The molecule has 0 saturated carbocycles. The Labute approximate surface area is 143 Å². The summed E-state index contributed by atoms with van der Waals surface area (Å²) in [6.07, 6.45) is 0. The van der Waals surface area contributed by atoms with E-state index in [4.69, 9.17) is 16.3 Å². The van der Waals surface area contributed by atoms with Gasteiger partial charge < -0.3 is 4.74 Å². The maximum Gasteiger partial charge on any atom is 0.277 e. The van der Waals surface area contributed by atoms with Gasteiger partial charge in [0.25, 0.3) is 11.8 Å². The van der Waals surface area contributed by atoms with Gasteiger partial charge in [-0.1, -0.05) is 23.7 Å². The zero-order valence-electron chi connectivity index (χ0n) is 12.8. The predicted octanol–water partition coefficient (Wildman–Crippen LogP) is 3.75. The number of benzene rings is 2. The van der Waals surface area contributed by atoms with E-state index in [1.54, 1.807) is 24.3 Å². The molecule has 4 nitrogen and oxygen atoms in total. The zero-order chi connectivity index (χ0) is 17.3. The first-order chi connectivity index (χ1) is 11.5. The molecular formula is C18H13ClFNO3. The lowest BCUT2D eigenvalue weighted by atomic mass is 10.1. The minimum Gasteiger partial charge on any atom is -0.494 e. The topological polar surface area (TPSA) is 46.6 Å². The van der Waals surface area contributed by atoms with Crippen molar-refractivity contribution in [3.63, 3.8) is 0 Å². The molecule has 2 aromatic carbocycles. The SMILES string of the molecule is CCOc1ccc(C2=C(Cl)C(=O)N(c3ccc(F)cc3)C2=O)cc1. The first-order valence-corrected chi connectivity index (χ1v) is 7.68. The first-order valence-electron chi connectivity index (χ1n) is 7.30. The Bertz CT molecular complexity index is 828. The van der Waals surface area contributed by atoms with Crippen LogP contribution in [0.15, 0.2) is 53.6 Å². The monoisotopic (exact) mass is 345 g/mol. The highest BCUT2D eigenvalue weighted by atomic mass is 35.5. The molecule has 0 aliphatic carbocycles. The largest absolute Gasteiger partial charge is 0.494 e. The van der Waals surface area contributed by atoms with E-state index >= 15 is 0 Å². The molecule has 0 N–H and O–H groups in total. The van der Waals surface area contributed by atoms with Crippen molar-refractivity contribution in [2.45, 2.75) is 6.92 Å². The van der Waals surface area contributed by atoms with Crippen LogP contribution in [0.25, 0.3) is 5.57 Å². The summed E-state index contributed by atoms with van der Waals surface area (Å²) in [5.74, 6) is -0.966. The lowest BCUT2D eigenvalue weighted by Crippen LogP contribution is -2.31. The van der Waals surface area contributed by atoms with Crippen molar-refractivity contribution in [1.29, 1.82) is 0 Å². The fourth-order valence-corrected chi connectivity index (χ4v) is 2.74. The number of amides is 2. The van der Waals surface area contributed by atoms with Gasteiger partial charge in [0.1, 0.15) is 16.6 Å². The van der Waals surface area contributed by atoms with Crippen molar-refractivity contribution in [2.75, 3.05) is 11.5 Å². The van der Waals surface area contributed by atoms with E-state index in [1.807, 2.05) is 6.92 Å². The lowest BCUT2D eigenvalue weighted by molar-refractivity contribution is -0.119. The van der Waals surface area contributed by atoms with Gasteiger partial charge in [0, 0.05) is 0 Å². The highest BCUT2D eigenvalue weighted by Crippen LogP contribution is 2.35. The van der Waals surface area contributed by atoms with Crippen molar-refractivity contribution in [3.8, 4) is 5.75 Å². The maximum absolute atomic E-state index is 13.1. The first kappa shape index (κ1) is 16.2. The van der Waals surface area contributed by atoms with Gasteiger partial charge in [-0.05, 0) is 48.9 Å². The maximum atomic E-state index is 13.1. The van der Waals surface area contributed by atoms with Crippen LogP contribution in [0.3, 0.4) is 0 Å². The quantitative estimate of drug-likeness (QED) is 0.793. The Hall–Kier alpha value is -2.66. The van der Waals surface area contributed by atoms with Crippen LogP contribution in [0.4, 0.5) is 10.1 Å². The second kappa shape index (κ2) is 6.45. The van der Waals surface area contributed by atoms with Crippen LogP contribution < -0.4 is 9.64 Å². The summed E-state index contributed by atoms with van der Waals surface area (Å²) < 4.78 is 18.4. The number of rotatable bonds is 4. The number of imide groups is 1. The summed E-state index contributed by atoms with van der Waals surface area (Å²) in [4.78, 5) is 25.9. The van der Waals surface area contributed by atoms with Gasteiger partial charge in [0.15, 0.2) is 0 Å². The minimum absolute atomic E-state index is 0.119. The molecule has 0 fully saturated rings. The highest BCUT2D eigenvalue weighted by Gasteiger charge is 2.39. The summed E-state index contributed by atoms with van der Waals surface area (Å²) in [6, 6.07) is 11.8. The molecule has 122 valence electrons. The molecule has 6 heteroatoms. The van der Waals surface area contributed by atoms with E-state index < -0.39 is 17.6 Å². The molecule has 1 aliphatic rings. The molecule has 2 aromatic rings. The Morgan fingerprint density at radius 2 is 1.62 bits per heavy atom. The number of halogens is 2. The Morgan fingerprint density at radius 3 is 2.21 bits per heavy atom. The van der Waals surface area contributed by atoms with Crippen molar-refractivity contribution in [1.82, 2.24) is 0 Å². The zero-order valence-corrected chi connectivity index (χ0v) is 13.5. The second-order valence-electron chi connectivity index (χ2n) is 5.07. The molecule has 0 bridgehead atoms. The lowest BCUT2D eigenvalue weighted by Gasteiger charge is -2.14. The molecule has 3 rings (SSSR count). The average Bonchev–Trinajstić information content (AvgIpc) is 2.80. The number of carbonyl (C=O) groups excluding carboxylic acids is 2. The van der Waals surface area contributed by atoms with Crippen molar-refractivity contribution < 1.29 is 18.7 Å². The standard InChI is InChI=1S/C18H13ClFNO3/c1-2-24-14-9-3-11(4-10-14)15-16(19)18(23)21(17(15)22)13-7-5-12(20)6-8-13/h3-10H,2H2,1H3. The molecule has 0 spiro atoms. The van der Waals surface area contributed by atoms with E-state index in [0.717, 1.165) is 4.90 Å². The van der Waals surface area contributed by atoms with Crippen molar-refractivity contribution in [2.24, 2.45) is 0 Å². The van der Waals surface area contributed by atoms with Gasteiger partial charge in [0.05, 0.1) is 17.9 Å². The third kappa shape index (κ3) is 2.78. The highest BCUT2D eigenvalue weighted by molar-refractivity contribution is 6.60. The van der Waals surface area contributed by atoms with Crippen LogP contribution in [-0.4, -0.2) is 18.4 Å². The van der Waals surface area contributed by atoms with E-state index in [1.165, 1.54) is 24.3 Å². The van der Waals surface area contributed by atoms with Gasteiger partial charge >= 0.3 is 0 Å². The molecule has 24 heavy (non-hydrogen) atoms. The normalized spacial score (nSPS) is 14.5. The smallest absolute Gasteiger partial charge is 0.277 e. The predicted molar refractivity (Wildman–Crippen MR) is 89.3 cm³/mol. The molecule has 2 amide bonds. The average molecular weight is 346 g/mol. The van der Waals surface area contributed by atoms with Gasteiger partial charge in [-0.15, -0.1) is 0 Å². The van der Waals surface area contributed by atoms with Crippen molar-refractivity contribution >= 4 is 34.7 Å². The Kier molecular flexibility index (Phi) is 4.36. The number of hydrogen-bond donors (Lipinski definition) is 0. The van der Waals surface area contributed by atoms with Gasteiger partial charge in [-0.3, -0.25) is 9.59 Å². The van der Waals surface area contributed by atoms with Crippen LogP contribution >= 0.6 is 11.6 Å². The van der Waals surface area contributed by atoms with Crippen LogP contribution in [0.1, 0.15) is 12.5 Å². The third-order valence-corrected chi connectivity index (χ3v) is 3.92. The van der Waals surface area contributed by atoms with Crippen LogP contribution in [0.5, 0.6) is 5.75 Å². The summed E-state index contributed by atoms with van der Waals surface area (Å²) >= 11 is 6.10. The number of anilines is 1. The fraction of sp³-hybridized carbons (Fsp3) is 0.111. The van der Waals surface area contributed by atoms with E-state index in [0.29, 0.717) is 17.9 Å². The number of ether oxygens (including phenoxy) is 1. The molecule has 0 unspecified atom stereocenters. The summed E-state index contributed by atoms with van der Waals surface area (Å²) in [6.45, 7) is 2.39. The van der Waals surface area contributed by atoms with Crippen LogP contribution in [0.2, 0.25) is 0 Å². The van der Waals surface area contributed by atoms with Gasteiger partial charge in [-0.25, -0.2) is 9.29 Å². The number of hydrogen-bond acceptors (Lipinski definition) is 3. The molecular weight excluding hydrogens is 333 g/mol. The van der Waals surface area contributed by atoms with E-state index in [2.05, 4.69) is 0 Å². The summed E-state index contributed by atoms with van der Waals surface area (Å²) in [7, 11) is 0. The van der Waals surface area contributed by atoms with Gasteiger partial charge in [0.2, 0.25) is 0 Å². The molecule has 0 aromatic heterocycles. The fourth-order valence-electron chi connectivity index (χ4n) is 2.46. The van der Waals surface area contributed by atoms with Gasteiger partial charge in [-0.2, -0.15) is 0 Å². The molecule has 0 saturated heterocycles. The van der Waals surface area contributed by atoms with Crippen molar-refractivity contribution in [3.05, 3.63) is 64.9 Å². The molecule has 1 aliphatic heterocycles. The number of nitrogens with zero attached hydrogens (tertiary/aromatic N) is 1. The molecule has 1 heterocycles. The van der Waals surface area contributed by atoms with E-state index in [9.17, 15) is 14.0 Å². The van der Waals surface area contributed by atoms with E-state index in [-0.39, 0.29) is 16.3 Å². The third-order valence-electron chi connectivity index (χ3n) is 3.57. The Balaban J connectivity index is 1.95. The minimum atomic E-state index is -0.628. The summed E-state index contributed by atoms with van der Waals surface area (Å²) in [5, 5.41) is -0.159. The molecule has 0 radical (unpaired) electrons.